The molecule has 1 saturated carbocycles. The summed E-state index contributed by atoms with van der Waals surface area (Å²) in [4.78, 5) is 53.2. The van der Waals surface area contributed by atoms with Gasteiger partial charge in [-0.3, -0.25) is 14.4 Å². The summed E-state index contributed by atoms with van der Waals surface area (Å²) in [6, 6.07) is 10.1. The predicted octanol–water partition coefficient (Wildman–Crippen LogP) is 2.55. The summed E-state index contributed by atoms with van der Waals surface area (Å²) in [5.41, 5.74) is 11.8. The summed E-state index contributed by atoms with van der Waals surface area (Å²) in [6.45, 7) is 0. The SMILES string of the molecule is COC(=O)[C@@H]1C=C(OC(=O)c2cc3ccccc3o2)C(=O)[C@H]2[C@@]1(N)CC[C@H]1C(=O)O[C@H](c3ccoc3)C[C@]21N. The van der Waals surface area contributed by atoms with E-state index >= 15 is 0 Å². The van der Waals surface area contributed by atoms with Gasteiger partial charge in [0.05, 0.1) is 37.4 Å². The van der Waals surface area contributed by atoms with Crippen LogP contribution in [-0.4, -0.2) is 41.9 Å². The van der Waals surface area contributed by atoms with Gasteiger partial charge in [-0.1, -0.05) is 18.2 Å². The molecule has 1 aromatic carbocycles. The van der Waals surface area contributed by atoms with Gasteiger partial charge in [0, 0.05) is 28.4 Å². The van der Waals surface area contributed by atoms with E-state index in [0.29, 0.717) is 16.5 Å². The van der Waals surface area contributed by atoms with Crippen LogP contribution in [0.5, 0.6) is 0 Å². The van der Waals surface area contributed by atoms with Gasteiger partial charge in [-0.15, -0.1) is 0 Å². The van der Waals surface area contributed by atoms with Crippen molar-refractivity contribution in [2.75, 3.05) is 7.11 Å². The van der Waals surface area contributed by atoms with Gasteiger partial charge in [0.15, 0.2) is 5.76 Å². The first kappa shape index (κ1) is 25.1. The van der Waals surface area contributed by atoms with E-state index in [1.165, 1.54) is 31.8 Å². The van der Waals surface area contributed by atoms with E-state index < -0.39 is 64.4 Å². The van der Waals surface area contributed by atoms with E-state index in [2.05, 4.69) is 0 Å². The fraction of sp³-hybridized carbons (Fsp3) is 0.357. The number of para-hydroxylation sites is 1. The molecule has 11 nitrogen and oxygen atoms in total. The van der Waals surface area contributed by atoms with Crippen molar-refractivity contribution in [3.8, 4) is 0 Å². The van der Waals surface area contributed by atoms with Crippen LogP contribution >= 0.6 is 0 Å². The standard InChI is InChI=1S/C28H26N2O9/c1-35-24(32)17-11-19(38-26(34)20-10-14-4-2-3-5-18(14)37-20)22(31)23-27(17,29)8-6-16-25(33)39-21(12-28(16,23)30)15-7-9-36-13-15/h2-5,7,9-11,13,16-17,21,23H,6,8,12,29-30H2,1H3/t16-,17-,21-,23-,27+,28+/m0/s1. The van der Waals surface area contributed by atoms with E-state index in [-0.39, 0.29) is 25.0 Å². The maximum Gasteiger partial charge on any atom is 0.379 e. The average Bonchev–Trinajstić information content (AvgIpc) is 3.59. The number of ketones is 1. The van der Waals surface area contributed by atoms with Crippen LogP contribution in [0, 0.1) is 17.8 Å². The fourth-order valence-corrected chi connectivity index (χ4v) is 6.42. The van der Waals surface area contributed by atoms with Crippen molar-refractivity contribution < 1.29 is 42.2 Å². The Kier molecular flexibility index (Phi) is 5.74. The average molecular weight is 535 g/mol. The third-order valence-electron chi connectivity index (χ3n) is 8.27. The lowest BCUT2D eigenvalue weighted by atomic mass is 9.50. The van der Waals surface area contributed by atoms with E-state index in [1.807, 2.05) is 0 Å². The Morgan fingerprint density at radius 3 is 2.62 bits per heavy atom. The fourth-order valence-electron chi connectivity index (χ4n) is 6.42. The van der Waals surface area contributed by atoms with Crippen molar-refractivity contribution in [1.29, 1.82) is 0 Å². The van der Waals surface area contributed by atoms with Crippen molar-refractivity contribution in [2.24, 2.45) is 29.2 Å². The van der Waals surface area contributed by atoms with Crippen LogP contribution in [0.4, 0.5) is 0 Å². The summed E-state index contributed by atoms with van der Waals surface area (Å²) in [7, 11) is 1.20. The third-order valence-corrected chi connectivity index (χ3v) is 8.27. The van der Waals surface area contributed by atoms with Crippen molar-refractivity contribution in [3.05, 3.63) is 72.1 Å². The Labute approximate surface area is 222 Å². The highest BCUT2D eigenvalue weighted by Crippen LogP contribution is 2.55. The molecule has 1 aliphatic heterocycles. The number of nitrogens with two attached hydrogens (primary N) is 2. The number of hydrogen-bond acceptors (Lipinski definition) is 11. The molecule has 3 heterocycles. The molecule has 11 heteroatoms. The minimum absolute atomic E-state index is 0.0387. The van der Waals surface area contributed by atoms with Crippen molar-refractivity contribution in [1.82, 2.24) is 0 Å². The van der Waals surface area contributed by atoms with E-state index in [0.717, 1.165) is 0 Å². The number of esters is 3. The van der Waals surface area contributed by atoms with Gasteiger partial charge in [0.1, 0.15) is 11.7 Å². The Bertz CT molecular complexity index is 1490. The zero-order valence-electron chi connectivity index (χ0n) is 21.0. The molecule has 4 N–H and O–H groups in total. The molecule has 0 spiro atoms. The molecule has 2 fully saturated rings. The first-order valence-electron chi connectivity index (χ1n) is 12.5. The minimum Gasteiger partial charge on any atom is -0.472 e. The van der Waals surface area contributed by atoms with Crippen molar-refractivity contribution in [2.45, 2.75) is 36.4 Å². The first-order valence-corrected chi connectivity index (χ1v) is 12.5. The van der Waals surface area contributed by atoms with Gasteiger partial charge >= 0.3 is 17.9 Å². The van der Waals surface area contributed by atoms with Gasteiger partial charge in [0.25, 0.3) is 0 Å². The molecule has 0 amide bonds. The molecule has 3 aliphatic rings. The molecular formula is C28H26N2O9. The second-order valence-corrected chi connectivity index (χ2v) is 10.4. The largest absolute Gasteiger partial charge is 0.472 e. The maximum absolute atomic E-state index is 14.1. The van der Waals surface area contributed by atoms with E-state index in [9.17, 15) is 19.2 Å². The van der Waals surface area contributed by atoms with Crippen LogP contribution < -0.4 is 11.5 Å². The van der Waals surface area contributed by atoms with Gasteiger partial charge < -0.3 is 34.5 Å². The molecule has 3 aromatic rings. The molecule has 6 atom stereocenters. The van der Waals surface area contributed by atoms with Crippen LogP contribution in [0.2, 0.25) is 0 Å². The Balaban J connectivity index is 1.40. The summed E-state index contributed by atoms with van der Waals surface area (Å²) in [5, 5.41) is 0.670. The monoisotopic (exact) mass is 534 g/mol. The molecule has 0 unspecified atom stereocenters. The number of carbonyl (C=O) groups is 4. The highest BCUT2D eigenvalue weighted by atomic mass is 16.6. The van der Waals surface area contributed by atoms with E-state index in [1.54, 1.807) is 30.3 Å². The quantitative estimate of drug-likeness (QED) is 0.372. The van der Waals surface area contributed by atoms with Crippen molar-refractivity contribution in [3.63, 3.8) is 0 Å². The number of fused-ring (bicyclic) bond motifs is 4. The molecule has 2 aliphatic carbocycles. The number of Topliss-reactive ketones (excluding diaryl/α,β-unsaturated/α-hetero) is 1. The number of allylic oxidation sites excluding steroid dienone is 1. The molecular weight excluding hydrogens is 508 g/mol. The lowest BCUT2D eigenvalue weighted by Crippen LogP contribution is -2.76. The maximum atomic E-state index is 14.1. The molecule has 0 bridgehead atoms. The van der Waals surface area contributed by atoms with Gasteiger partial charge in [-0.25, -0.2) is 4.79 Å². The molecule has 0 radical (unpaired) electrons. The summed E-state index contributed by atoms with van der Waals surface area (Å²) in [6.07, 6.45) is 3.63. The lowest BCUT2D eigenvalue weighted by Gasteiger charge is -2.58. The topological polar surface area (TPSA) is 174 Å². The van der Waals surface area contributed by atoms with Crippen molar-refractivity contribution >= 4 is 34.7 Å². The van der Waals surface area contributed by atoms with Crippen LogP contribution in [0.3, 0.4) is 0 Å². The highest BCUT2D eigenvalue weighted by Gasteiger charge is 2.67. The summed E-state index contributed by atoms with van der Waals surface area (Å²) >= 11 is 0. The Hall–Kier alpha value is -4.22. The number of ether oxygens (including phenoxy) is 3. The number of benzene rings is 1. The minimum atomic E-state index is -1.51. The molecule has 202 valence electrons. The van der Waals surface area contributed by atoms with Crippen LogP contribution in [0.25, 0.3) is 11.0 Å². The second-order valence-electron chi connectivity index (χ2n) is 10.4. The zero-order valence-corrected chi connectivity index (χ0v) is 21.0. The number of methoxy groups -OCH3 is 1. The normalized spacial score (nSPS) is 32.0. The molecule has 39 heavy (non-hydrogen) atoms. The summed E-state index contributed by atoms with van der Waals surface area (Å²) < 4.78 is 26.9. The molecule has 1 saturated heterocycles. The Morgan fingerprint density at radius 1 is 1.10 bits per heavy atom. The highest BCUT2D eigenvalue weighted by molar-refractivity contribution is 6.04. The number of cyclic esters (lactones) is 1. The summed E-state index contributed by atoms with van der Waals surface area (Å²) in [5.74, 6) is -6.76. The molecule has 2 aromatic heterocycles. The molecule has 6 rings (SSSR count). The number of hydrogen-bond donors (Lipinski definition) is 2. The lowest BCUT2D eigenvalue weighted by molar-refractivity contribution is -0.179. The van der Waals surface area contributed by atoms with Gasteiger partial charge in [-0.2, -0.15) is 0 Å². The van der Waals surface area contributed by atoms with Gasteiger partial charge in [0.2, 0.25) is 11.5 Å². The second kappa shape index (κ2) is 8.92. The predicted molar refractivity (Wildman–Crippen MR) is 132 cm³/mol. The first-order chi connectivity index (χ1) is 18.7. The number of furan rings is 2. The van der Waals surface area contributed by atoms with Crippen LogP contribution in [-0.2, 0) is 28.6 Å². The van der Waals surface area contributed by atoms with Crippen LogP contribution in [0.1, 0.15) is 41.5 Å². The smallest absolute Gasteiger partial charge is 0.379 e. The van der Waals surface area contributed by atoms with Gasteiger partial charge in [-0.05, 0) is 37.1 Å². The number of rotatable bonds is 4. The van der Waals surface area contributed by atoms with E-state index in [4.69, 9.17) is 34.5 Å². The Morgan fingerprint density at radius 2 is 1.90 bits per heavy atom. The zero-order chi connectivity index (χ0) is 27.5. The number of carbonyl (C=O) groups excluding carboxylic acids is 4. The van der Waals surface area contributed by atoms with Crippen LogP contribution in [0.15, 0.2) is 69.6 Å². The third kappa shape index (κ3) is 3.80.